The summed E-state index contributed by atoms with van der Waals surface area (Å²) in [6.07, 6.45) is -1.26. The number of H-pyrrole nitrogens is 1. The SMILES string of the molecule is CC(C)(C)OC[C@H]1O[C@@H](n2ccc3c(=O)[nH]c(N)nc32)[C@](C)(O)[C@@H]1O. The summed E-state index contributed by atoms with van der Waals surface area (Å²) in [6.45, 7) is 7.27. The van der Waals surface area contributed by atoms with Crippen molar-refractivity contribution in [3.63, 3.8) is 0 Å². The van der Waals surface area contributed by atoms with E-state index in [4.69, 9.17) is 15.2 Å². The molecule has 0 aromatic carbocycles. The Labute approximate surface area is 144 Å². The largest absolute Gasteiger partial charge is 0.387 e. The number of hydrogen-bond acceptors (Lipinski definition) is 7. The van der Waals surface area contributed by atoms with Crippen LogP contribution >= 0.6 is 0 Å². The van der Waals surface area contributed by atoms with Crippen molar-refractivity contribution >= 4 is 17.0 Å². The van der Waals surface area contributed by atoms with Gasteiger partial charge in [0.1, 0.15) is 17.8 Å². The van der Waals surface area contributed by atoms with Crippen LogP contribution in [0.15, 0.2) is 17.1 Å². The molecule has 9 nitrogen and oxygen atoms in total. The van der Waals surface area contributed by atoms with Gasteiger partial charge in [-0.3, -0.25) is 9.78 Å². The second-order valence-electron chi connectivity index (χ2n) is 7.53. The molecule has 1 fully saturated rings. The van der Waals surface area contributed by atoms with Crippen LogP contribution in [0, 0.1) is 0 Å². The summed E-state index contributed by atoms with van der Waals surface area (Å²) in [5, 5.41) is 21.6. The van der Waals surface area contributed by atoms with Crippen molar-refractivity contribution in [2.24, 2.45) is 0 Å². The van der Waals surface area contributed by atoms with E-state index < -0.39 is 29.6 Å². The Kier molecular flexibility index (Phi) is 4.15. The summed E-state index contributed by atoms with van der Waals surface area (Å²) in [7, 11) is 0. The Balaban J connectivity index is 1.96. The number of aliphatic hydroxyl groups excluding tert-OH is 1. The number of hydrogen-bond donors (Lipinski definition) is 4. The fraction of sp³-hybridized carbons (Fsp3) is 0.625. The molecular weight excluding hydrogens is 328 g/mol. The van der Waals surface area contributed by atoms with E-state index >= 15 is 0 Å². The minimum Gasteiger partial charge on any atom is -0.387 e. The molecule has 0 radical (unpaired) electrons. The number of aromatic nitrogens is 3. The number of nitrogen functional groups attached to an aromatic ring is 1. The highest BCUT2D eigenvalue weighted by atomic mass is 16.6. The Bertz CT molecular complexity index is 835. The maximum Gasteiger partial charge on any atom is 0.261 e. The second kappa shape index (κ2) is 5.80. The minimum absolute atomic E-state index is 0.0387. The predicted octanol–water partition coefficient (Wildman–Crippen LogP) is 0.131. The number of anilines is 1. The molecule has 3 heterocycles. The number of nitrogens with two attached hydrogens (primary N) is 1. The van der Waals surface area contributed by atoms with E-state index in [1.54, 1.807) is 12.3 Å². The van der Waals surface area contributed by atoms with Crippen molar-refractivity contribution in [1.29, 1.82) is 0 Å². The van der Waals surface area contributed by atoms with Crippen LogP contribution < -0.4 is 11.3 Å². The monoisotopic (exact) mass is 352 g/mol. The Morgan fingerprint density at radius 2 is 2.20 bits per heavy atom. The summed E-state index contributed by atoms with van der Waals surface area (Å²) >= 11 is 0. The van der Waals surface area contributed by atoms with E-state index in [2.05, 4.69) is 9.97 Å². The highest BCUT2D eigenvalue weighted by Crippen LogP contribution is 2.39. The fourth-order valence-electron chi connectivity index (χ4n) is 2.96. The molecule has 25 heavy (non-hydrogen) atoms. The van der Waals surface area contributed by atoms with Crippen LogP contribution in [-0.2, 0) is 9.47 Å². The third-order valence-electron chi connectivity index (χ3n) is 4.29. The van der Waals surface area contributed by atoms with Crippen molar-refractivity contribution in [3.8, 4) is 0 Å². The molecule has 1 aliphatic heterocycles. The van der Waals surface area contributed by atoms with Crippen LogP contribution in [0.3, 0.4) is 0 Å². The lowest BCUT2D eigenvalue weighted by molar-refractivity contribution is -0.105. The average molecular weight is 352 g/mol. The lowest BCUT2D eigenvalue weighted by Gasteiger charge is -2.27. The van der Waals surface area contributed by atoms with Crippen molar-refractivity contribution in [2.45, 2.75) is 57.3 Å². The van der Waals surface area contributed by atoms with Gasteiger partial charge >= 0.3 is 0 Å². The van der Waals surface area contributed by atoms with Gasteiger partial charge < -0.3 is 30.0 Å². The van der Waals surface area contributed by atoms with Crippen molar-refractivity contribution in [2.75, 3.05) is 12.3 Å². The third-order valence-corrected chi connectivity index (χ3v) is 4.29. The number of ether oxygens (including phenoxy) is 2. The third kappa shape index (κ3) is 3.15. The first-order valence-electron chi connectivity index (χ1n) is 8.07. The van der Waals surface area contributed by atoms with Gasteiger partial charge in [-0.15, -0.1) is 0 Å². The van der Waals surface area contributed by atoms with E-state index in [9.17, 15) is 15.0 Å². The summed E-state index contributed by atoms with van der Waals surface area (Å²) in [5.74, 6) is -0.0387. The molecule has 5 N–H and O–H groups in total. The van der Waals surface area contributed by atoms with Crippen LogP contribution in [0.1, 0.15) is 33.9 Å². The summed E-state index contributed by atoms with van der Waals surface area (Å²) in [4.78, 5) is 18.5. The van der Waals surface area contributed by atoms with Crippen molar-refractivity contribution in [3.05, 3.63) is 22.6 Å². The Morgan fingerprint density at radius 3 is 2.84 bits per heavy atom. The smallest absolute Gasteiger partial charge is 0.261 e. The van der Waals surface area contributed by atoms with Gasteiger partial charge in [-0.2, -0.15) is 4.98 Å². The molecule has 9 heteroatoms. The van der Waals surface area contributed by atoms with Gasteiger partial charge in [0.05, 0.1) is 17.6 Å². The lowest BCUT2D eigenvalue weighted by atomic mass is 9.96. The molecular formula is C16H24N4O5. The van der Waals surface area contributed by atoms with Gasteiger partial charge in [0.2, 0.25) is 5.95 Å². The van der Waals surface area contributed by atoms with Crippen molar-refractivity contribution < 1.29 is 19.7 Å². The number of nitrogens with zero attached hydrogens (tertiary/aromatic N) is 2. The van der Waals surface area contributed by atoms with E-state index in [1.807, 2.05) is 20.8 Å². The maximum absolute atomic E-state index is 12.0. The first-order valence-corrected chi connectivity index (χ1v) is 8.07. The topological polar surface area (TPSA) is 136 Å². The first kappa shape index (κ1) is 17.9. The molecule has 0 saturated carbocycles. The quantitative estimate of drug-likeness (QED) is 0.616. The molecule has 0 bridgehead atoms. The van der Waals surface area contributed by atoms with Crippen LogP contribution in [-0.4, -0.2) is 54.8 Å². The highest BCUT2D eigenvalue weighted by molar-refractivity contribution is 5.76. The zero-order chi connectivity index (χ0) is 18.6. The molecule has 4 atom stereocenters. The molecule has 2 aromatic rings. The number of aromatic amines is 1. The van der Waals surface area contributed by atoms with E-state index in [0.29, 0.717) is 5.39 Å². The van der Waals surface area contributed by atoms with Crippen LogP contribution in [0.5, 0.6) is 0 Å². The molecule has 1 saturated heterocycles. The highest BCUT2D eigenvalue weighted by Gasteiger charge is 2.53. The van der Waals surface area contributed by atoms with E-state index in [0.717, 1.165) is 0 Å². The number of rotatable bonds is 3. The van der Waals surface area contributed by atoms with E-state index in [1.165, 1.54) is 11.5 Å². The van der Waals surface area contributed by atoms with Gasteiger partial charge in [0.15, 0.2) is 11.9 Å². The number of aliphatic hydroxyl groups is 2. The normalized spacial score (nSPS) is 30.2. The molecule has 138 valence electrons. The van der Waals surface area contributed by atoms with Gasteiger partial charge in [-0.25, -0.2) is 0 Å². The molecule has 0 spiro atoms. The van der Waals surface area contributed by atoms with Gasteiger partial charge in [0, 0.05) is 6.20 Å². The van der Waals surface area contributed by atoms with Gasteiger partial charge in [-0.05, 0) is 33.8 Å². The van der Waals surface area contributed by atoms with Gasteiger partial charge in [-0.1, -0.05) is 0 Å². The fourth-order valence-corrected chi connectivity index (χ4v) is 2.96. The zero-order valence-corrected chi connectivity index (χ0v) is 14.7. The first-order chi connectivity index (χ1) is 11.5. The standard InChI is InChI=1S/C16H24N4O5/c1-15(2,3)24-7-9-10(21)16(4,23)13(25-9)20-6-5-8-11(20)18-14(17)19-12(8)22/h5-6,9-10,13,21,23H,7H2,1-4H3,(H3,17,18,19,22)/t9-,10-,13-,16-/m1/s1. The second-order valence-corrected chi connectivity index (χ2v) is 7.53. The van der Waals surface area contributed by atoms with Crippen LogP contribution in [0.25, 0.3) is 11.0 Å². The zero-order valence-electron chi connectivity index (χ0n) is 14.7. The number of fused-ring (bicyclic) bond motifs is 1. The minimum atomic E-state index is -1.60. The summed E-state index contributed by atoms with van der Waals surface area (Å²) in [5.41, 5.74) is 3.50. The molecule has 2 aromatic heterocycles. The predicted molar refractivity (Wildman–Crippen MR) is 91.0 cm³/mol. The van der Waals surface area contributed by atoms with Crippen LogP contribution in [0.2, 0.25) is 0 Å². The average Bonchev–Trinajstić information content (AvgIpc) is 2.97. The van der Waals surface area contributed by atoms with E-state index in [-0.39, 0.29) is 23.8 Å². The Morgan fingerprint density at radius 1 is 1.52 bits per heavy atom. The maximum atomic E-state index is 12.0. The molecule has 0 amide bonds. The molecule has 3 rings (SSSR count). The van der Waals surface area contributed by atoms with Crippen molar-refractivity contribution in [1.82, 2.24) is 14.5 Å². The molecule has 0 unspecified atom stereocenters. The van der Waals surface area contributed by atoms with Crippen LogP contribution in [0.4, 0.5) is 5.95 Å². The summed E-state index contributed by atoms with van der Waals surface area (Å²) in [6, 6.07) is 1.56. The number of nitrogens with one attached hydrogen (secondary N) is 1. The van der Waals surface area contributed by atoms with Gasteiger partial charge in [0.25, 0.3) is 5.56 Å². The molecule has 1 aliphatic rings. The summed E-state index contributed by atoms with van der Waals surface area (Å²) < 4.78 is 13.0. The lowest BCUT2D eigenvalue weighted by Crippen LogP contribution is -2.45. The molecule has 0 aliphatic carbocycles. The Hall–Kier alpha value is -1.94.